The lowest BCUT2D eigenvalue weighted by molar-refractivity contribution is -0.126. The zero-order valence-corrected chi connectivity index (χ0v) is 13.9. The fraction of sp³-hybridized carbons (Fsp3) is 0.500. The van der Waals surface area contributed by atoms with Gasteiger partial charge < -0.3 is 20.9 Å². The van der Waals surface area contributed by atoms with Gasteiger partial charge in [-0.05, 0) is 42.7 Å². The van der Waals surface area contributed by atoms with Gasteiger partial charge in [0.25, 0.3) is 11.9 Å². The molecule has 1 saturated carbocycles. The first kappa shape index (κ1) is 15.9. The van der Waals surface area contributed by atoms with E-state index < -0.39 is 11.4 Å². The van der Waals surface area contributed by atoms with Crippen LogP contribution in [0.2, 0.25) is 0 Å². The van der Waals surface area contributed by atoms with Crippen molar-refractivity contribution >= 4 is 18.3 Å². The second-order valence-electron chi connectivity index (χ2n) is 6.89. The summed E-state index contributed by atoms with van der Waals surface area (Å²) in [5, 5.41) is 0. The minimum atomic E-state index is -1.13. The molecule has 0 spiro atoms. The number of nitrogens with zero attached hydrogens (tertiary/aromatic N) is 2. The van der Waals surface area contributed by atoms with Crippen LogP contribution in [0.3, 0.4) is 0 Å². The maximum absolute atomic E-state index is 12.5. The molecular formula is C18H22N4O3. The molecule has 0 saturated heterocycles. The highest BCUT2D eigenvalue weighted by atomic mass is 16.5. The Morgan fingerprint density at radius 2 is 2.12 bits per heavy atom. The molecule has 0 bridgehead atoms. The topological polar surface area (TPSA) is 112 Å². The van der Waals surface area contributed by atoms with Crippen molar-refractivity contribution in [1.29, 1.82) is 0 Å². The molecule has 7 heteroatoms. The van der Waals surface area contributed by atoms with Crippen LogP contribution in [-0.2, 0) is 26.2 Å². The Labute approximate surface area is 146 Å². The second-order valence-corrected chi connectivity index (χ2v) is 6.89. The van der Waals surface area contributed by atoms with Crippen molar-refractivity contribution in [1.82, 2.24) is 0 Å². The molecule has 1 aromatic carbocycles. The second kappa shape index (κ2) is 6.06. The highest BCUT2D eigenvalue weighted by Gasteiger charge is 2.56. The number of rotatable bonds is 6. The lowest BCUT2D eigenvalue weighted by Crippen LogP contribution is -2.48. The Bertz CT molecular complexity index is 744. The summed E-state index contributed by atoms with van der Waals surface area (Å²) in [7, 11) is 0. The summed E-state index contributed by atoms with van der Waals surface area (Å²) in [6, 6.07) is 8.11. The predicted molar refractivity (Wildman–Crippen MR) is 93.1 cm³/mol. The van der Waals surface area contributed by atoms with Crippen molar-refractivity contribution in [2.24, 2.45) is 27.4 Å². The Kier molecular flexibility index (Phi) is 3.86. The molecule has 3 atom stereocenters. The molecule has 3 aliphatic rings. The monoisotopic (exact) mass is 342 g/mol. The molecule has 1 fully saturated rings. The maximum Gasteiger partial charge on any atom is 0.282 e. The smallest absolute Gasteiger partial charge is 0.282 e. The van der Waals surface area contributed by atoms with Crippen molar-refractivity contribution in [3.8, 4) is 0 Å². The summed E-state index contributed by atoms with van der Waals surface area (Å²) in [5.74, 6) is -0.132. The van der Waals surface area contributed by atoms with Crippen molar-refractivity contribution < 1.29 is 14.3 Å². The molecule has 0 aromatic heterocycles. The van der Waals surface area contributed by atoms with Crippen LogP contribution in [0.1, 0.15) is 30.4 Å². The average Bonchev–Trinajstić information content (AvgIpc) is 3.20. The molecule has 0 radical (unpaired) electrons. The normalized spacial score (nSPS) is 30.6. The molecule has 3 unspecified atom stereocenters. The predicted octanol–water partition coefficient (Wildman–Crippen LogP) is 0.850. The van der Waals surface area contributed by atoms with Gasteiger partial charge in [0, 0.05) is 0 Å². The fourth-order valence-corrected chi connectivity index (χ4v) is 3.78. The summed E-state index contributed by atoms with van der Waals surface area (Å²) in [4.78, 5) is 21.2. The van der Waals surface area contributed by atoms with E-state index in [1.807, 2.05) is 24.3 Å². The van der Waals surface area contributed by atoms with E-state index in [0.29, 0.717) is 12.5 Å². The number of ether oxygens (including phenoxy) is 2. The van der Waals surface area contributed by atoms with Gasteiger partial charge in [-0.2, -0.15) is 0 Å². The number of carbonyl (C=O) groups excluding carboxylic acids is 1. The van der Waals surface area contributed by atoms with E-state index in [4.69, 9.17) is 20.9 Å². The number of carbonyl (C=O) groups is 1. The van der Waals surface area contributed by atoms with Gasteiger partial charge in [-0.15, -0.1) is 0 Å². The van der Waals surface area contributed by atoms with Crippen LogP contribution in [0.25, 0.3) is 0 Å². The van der Waals surface area contributed by atoms with Crippen LogP contribution in [-0.4, -0.2) is 37.1 Å². The summed E-state index contributed by atoms with van der Waals surface area (Å²) in [5.41, 5.74) is 12.2. The van der Waals surface area contributed by atoms with E-state index in [-0.39, 0.29) is 18.2 Å². The van der Waals surface area contributed by atoms with Crippen LogP contribution < -0.4 is 11.5 Å². The van der Waals surface area contributed by atoms with Crippen molar-refractivity contribution in [3.05, 3.63) is 35.4 Å². The number of aryl methyl sites for hydroxylation is 1. The first-order valence-electron chi connectivity index (χ1n) is 8.65. The van der Waals surface area contributed by atoms with E-state index in [0.717, 1.165) is 36.8 Å². The molecule has 1 aromatic rings. The molecule has 2 heterocycles. The lowest BCUT2D eigenvalue weighted by Gasteiger charge is -2.31. The number of aliphatic imine (C=N–C) groups is 2. The quantitative estimate of drug-likeness (QED) is 0.798. The van der Waals surface area contributed by atoms with E-state index in [1.165, 1.54) is 6.40 Å². The summed E-state index contributed by atoms with van der Waals surface area (Å²) >= 11 is 0. The number of amidine groups is 1. The number of hydrogen-bond acceptors (Lipinski definition) is 6. The number of hydrogen-bond donors (Lipinski definition) is 2. The molecule has 2 aliphatic heterocycles. The van der Waals surface area contributed by atoms with E-state index in [1.54, 1.807) is 0 Å². The summed E-state index contributed by atoms with van der Waals surface area (Å²) in [6.45, 7) is 0.501. The third-order valence-electron chi connectivity index (χ3n) is 5.21. The van der Waals surface area contributed by atoms with Gasteiger partial charge in [-0.1, -0.05) is 24.3 Å². The lowest BCUT2D eigenvalue weighted by atomic mass is 9.79. The van der Waals surface area contributed by atoms with Gasteiger partial charge in [0.1, 0.15) is 12.7 Å². The van der Waals surface area contributed by atoms with Crippen molar-refractivity contribution in [2.45, 2.75) is 43.4 Å². The Hall–Kier alpha value is -2.57. The zero-order valence-electron chi connectivity index (χ0n) is 13.9. The van der Waals surface area contributed by atoms with Crippen LogP contribution >= 0.6 is 0 Å². The van der Waals surface area contributed by atoms with Crippen molar-refractivity contribution in [2.75, 3.05) is 6.61 Å². The first-order chi connectivity index (χ1) is 12.1. The van der Waals surface area contributed by atoms with Crippen LogP contribution in [0.15, 0.2) is 34.3 Å². The largest absolute Gasteiger partial charge is 0.477 e. The van der Waals surface area contributed by atoms with Gasteiger partial charge in [0.15, 0.2) is 6.40 Å². The molecule has 1 amide bonds. The van der Waals surface area contributed by atoms with Gasteiger partial charge in [0.05, 0.1) is 6.04 Å². The molecule has 25 heavy (non-hydrogen) atoms. The van der Waals surface area contributed by atoms with E-state index in [2.05, 4.69) is 9.98 Å². The number of primary amides is 1. The standard InChI is InChI=1S/C18H22N4O3/c19-16(23)18(15(12-5-6-12)25-10-21-18)14-4-2-1-3-11(14)7-8-13-9-24-17(20)22-13/h1-4,10,12-13,15H,5-9H2,(H2,19,23)(H2,20,22). The van der Waals surface area contributed by atoms with E-state index in [9.17, 15) is 4.79 Å². The summed E-state index contributed by atoms with van der Waals surface area (Å²) < 4.78 is 10.9. The number of benzene rings is 1. The maximum atomic E-state index is 12.5. The van der Waals surface area contributed by atoms with Crippen LogP contribution in [0, 0.1) is 5.92 Å². The van der Waals surface area contributed by atoms with Crippen LogP contribution in [0.4, 0.5) is 0 Å². The van der Waals surface area contributed by atoms with Crippen LogP contribution in [0.5, 0.6) is 0 Å². The zero-order chi connectivity index (χ0) is 17.4. The highest BCUT2D eigenvalue weighted by molar-refractivity contribution is 5.90. The van der Waals surface area contributed by atoms with Gasteiger partial charge in [-0.3, -0.25) is 4.79 Å². The third kappa shape index (κ3) is 2.73. The number of nitrogens with two attached hydrogens (primary N) is 2. The molecule has 132 valence electrons. The van der Waals surface area contributed by atoms with Gasteiger partial charge >= 0.3 is 0 Å². The Balaban J connectivity index is 1.64. The van der Waals surface area contributed by atoms with Crippen molar-refractivity contribution in [3.63, 3.8) is 0 Å². The molecule has 7 nitrogen and oxygen atoms in total. The highest BCUT2D eigenvalue weighted by Crippen LogP contribution is 2.47. The third-order valence-corrected chi connectivity index (χ3v) is 5.21. The molecular weight excluding hydrogens is 320 g/mol. The SMILES string of the molecule is NC(=O)C1(c2ccccc2CCC2COC(N)=N2)N=COC1C1CC1. The Morgan fingerprint density at radius 1 is 1.32 bits per heavy atom. The first-order valence-corrected chi connectivity index (χ1v) is 8.65. The Morgan fingerprint density at radius 3 is 2.80 bits per heavy atom. The average molecular weight is 342 g/mol. The fourth-order valence-electron chi connectivity index (χ4n) is 3.78. The molecule has 4 rings (SSSR count). The minimum absolute atomic E-state index is 0.0418. The van der Waals surface area contributed by atoms with Gasteiger partial charge in [-0.25, -0.2) is 9.98 Å². The molecule has 4 N–H and O–H groups in total. The van der Waals surface area contributed by atoms with E-state index >= 15 is 0 Å². The van der Waals surface area contributed by atoms with Gasteiger partial charge in [0.2, 0.25) is 5.54 Å². The molecule has 1 aliphatic carbocycles. The summed E-state index contributed by atoms with van der Waals surface area (Å²) in [6.07, 6.45) is 4.68. The minimum Gasteiger partial charge on any atom is -0.477 e. The number of amides is 1.